The summed E-state index contributed by atoms with van der Waals surface area (Å²) < 4.78 is 5.13. The fraction of sp³-hybridized carbons (Fsp3) is 0.316. The van der Waals surface area contributed by atoms with E-state index in [0.29, 0.717) is 37.6 Å². The average molecular weight is 332 g/mol. The Kier molecular flexibility index (Phi) is 7.11. The highest BCUT2D eigenvalue weighted by Crippen LogP contribution is 2.17. The molecule has 1 amide bonds. The molecule has 0 bridgehead atoms. The van der Waals surface area contributed by atoms with Gasteiger partial charge in [0.05, 0.1) is 6.61 Å². The molecular weight excluding hydrogens is 310 g/mol. The zero-order chi connectivity index (χ0) is 16.5. The van der Waals surface area contributed by atoms with Gasteiger partial charge in [0.1, 0.15) is 0 Å². The molecule has 0 saturated heterocycles. The number of carbonyl (C=O) groups is 1. The Labute approximate surface area is 142 Å². The number of benzene rings is 2. The second kappa shape index (κ2) is 9.33. The molecule has 0 fully saturated rings. The number of aryl methyl sites for hydroxylation is 1. The van der Waals surface area contributed by atoms with E-state index in [9.17, 15) is 4.79 Å². The van der Waals surface area contributed by atoms with Crippen LogP contribution in [-0.4, -0.2) is 31.1 Å². The lowest BCUT2D eigenvalue weighted by Gasteiger charge is -2.22. The van der Waals surface area contributed by atoms with E-state index < -0.39 is 0 Å². The van der Waals surface area contributed by atoms with Gasteiger partial charge in [-0.05, 0) is 23.6 Å². The van der Waals surface area contributed by atoms with Crippen LogP contribution in [0.1, 0.15) is 17.5 Å². The van der Waals surface area contributed by atoms with Crippen molar-refractivity contribution in [3.05, 3.63) is 70.7 Å². The fourth-order valence-electron chi connectivity index (χ4n) is 2.40. The first-order valence-corrected chi connectivity index (χ1v) is 8.12. The number of amides is 1. The minimum Gasteiger partial charge on any atom is -0.383 e. The number of rotatable bonds is 8. The molecule has 2 aromatic carbocycles. The van der Waals surface area contributed by atoms with Gasteiger partial charge in [-0.2, -0.15) is 0 Å². The number of methoxy groups -OCH3 is 1. The third-order valence-electron chi connectivity index (χ3n) is 3.70. The monoisotopic (exact) mass is 331 g/mol. The normalized spacial score (nSPS) is 10.5. The topological polar surface area (TPSA) is 29.5 Å². The summed E-state index contributed by atoms with van der Waals surface area (Å²) in [5.74, 6) is 0.117. The van der Waals surface area contributed by atoms with Crippen molar-refractivity contribution in [2.24, 2.45) is 0 Å². The maximum Gasteiger partial charge on any atom is 0.223 e. The van der Waals surface area contributed by atoms with Gasteiger partial charge in [-0.15, -0.1) is 0 Å². The van der Waals surface area contributed by atoms with Crippen LogP contribution >= 0.6 is 11.6 Å². The lowest BCUT2D eigenvalue weighted by atomic mass is 10.1. The van der Waals surface area contributed by atoms with Gasteiger partial charge in [-0.3, -0.25) is 4.79 Å². The van der Waals surface area contributed by atoms with Crippen molar-refractivity contribution in [1.29, 1.82) is 0 Å². The molecule has 0 aliphatic carbocycles. The van der Waals surface area contributed by atoms with Crippen LogP contribution in [0.5, 0.6) is 0 Å². The summed E-state index contributed by atoms with van der Waals surface area (Å²) in [6, 6.07) is 17.7. The predicted molar refractivity (Wildman–Crippen MR) is 93.5 cm³/mol. The average Bonchev–Trinajstić information content (AvgIpc) is 2.58. The zero-order valence-electron chi connectivity index (χ0n) is 13.4. The van der Waals surface area contributed by atoms with E-state index in [1.165, 1.54) is 0 Å². The van der Waals surface area contributed by atoms with Crippen molar-refractivity contribution in [1.82, 2.24) is 4.90 Å². The quantitative estimate of drug-likeness (QED) is 0.733. The van der Waals surface area contributed by atoms with Crippen molar-refractivity contribution < 1.29 is 9.53 Å². The summed E-state index contributed by atoms with van der Waals surface area (Å²) in [4.78, 5) is 14.4. The van der Waals surface area contributed by atoms with Gasteiger partial charge >= 0.3 is 0 Å². The molecule has 0 spiro atoms. The number of nitrogens with zero attached hydrogens (tertiary/aromatic N) is 1. The zero-order valence-corrected chi connectivity index (χ0v) is 14.1. The van der Waals surface area contributed by atoms with Crippen LogP contribution < -0.4 is 0 Å². The van der Waals surface area contributed by atoms with E-state index in [1.54, 1.807) is 7.11 Å². The highest BCUT2D eigenvalue weighted by molar-refractivity contribution is 6.31. The molecule has 2 aromatic rings. The standard InChI is InChI=1S/C19H22ClNO2/c1-23-14-13-21(15-16-7-3-2-4-8-16)19(22)12-11-17-9-5-6-10-18(17)20/h2-10H,11-15H2,1H3. The second-order valence-electron chi connectivity index (χ2n) is 5.39. The number of hydrogen-bond acceptors (Lipinski definition) is 2. The van der Waals surface area contributed by atoms with Crippen molar-refractivity contribution in [3.63, 3.8) is 0 Å². The molecule has 0 atom stereocenters. The first-order valence-electron chi connectivity index (χ1n) is 7.74. The molecule has 0 aliphatic heterocycles. The van der Waals surface area contributed by atoms with E-state index >= 15 is 0 Å². The molecule has 122 valence electrons. The molecule has 4 heteroatoms. The minimum absolute atomic E-state index is 0.117. The number of ether oxygens (including phenoxy) is 1. The Hall–Kier alpha value is -1.84. The molecular formula is C19H22ClNO2. The highest BCUT2D eigenvalue weighted by Gasteiger charge is 2.14. The van der Waals surface area contributed by atoms with Crippen molar-refractivity contribution in [3.8, 4) is 0 Å². The van der Waals surface area contributed by atoms with Gasteiger partial charge in [0, 0.05) is 31.6 Å². The maximum absolute atomic E-state index is 12.6. The lowest BCUT2D eigenvalue weighted by molar-refractivity contribution is -0.132. The Balaban J connectivity index is 1.97. The largest absolute Gasteiger partial charge is 0.383 e. The first-order chi connectivity index (χ1) is 11.2. The van der Waals surface area contributed by atoms with Gasteiger partial charge in [0.15, 0.2) is 0 Å². The predicted octanol–water partition coefficient (Wildman–Crippen LogP) is 3.95. The summed E-state index contributed by atoms with van der Waals surface area (Å²) in [6.45, 7) is 1.73. The molecule has 0 radical (unpaired) electrons. The van der Waals surface area contributed by atoms with Gasteiger partial charge in [-0.1, -0.05) is 60.1 Å². The summed E-state index contributed by atoms with van der Waals surface area (Å²) >= 11 is 6.16. The van der Waals surface area contributed by atoms with Crippen LogP contribution in [0.15, 0.2) is 54.6 Å². The molecule has 2 rings (SSSR count). The van der Waals surface area contributed by atoms with E-state index in [2.05, 4.69) is 0 Å². The van der Waals surface area contributed by atoms with Crippen LogP contribution in [0.25, 0.3) is 0 Å². The Bertz CT molecular complexity index is 616. The van der Waals surface area contributed by atoms with Gasteiger partial charge in [-0.25, -0.2) is 0 Å². The maximum atomic E-state index is 12.6. The molecule has 0 unspecified atom stereocenters. The molecule has 0 saturated carbocycles. The third kappa shape index (κ3) is 5.70. The van der Waals surface area contributed by atoms with Crippen molar-refractivity contribution in [2.45, 2.75) is 19.4 Å². The minimum atomic E-state index is 0.117. The van der Waals surface area contributed by atoms with Crippen LogP contribution in [0.2, 0.25) is 5.02 Å². The van der Waals surface area contributed by atoms with Gasteiger partial charge < -0.3 is 9.64 Å². The summed E-state index contributed by atoms with van der Waals surface area (Å²) in [5, 5.41) is 0.715. The summed E-state index contributed by atoms with van der Waals surface area (Å²) in [6.07, 6.45) is 1.09. The van der Waals surface area contributed by atoms with Crippen LogP contribution in [0.4, 0.5) is 0 Å². The molecule has 0 aliphatic rings. The molecule has 23 heavy (non-hydrogen) atoms. The fourth-order valence-corrected chi connectivity index (χ4v) is 2.63. The molecule has 3 nitrogen and oxygen atoms in total. The smallest absolute Gasteiger partial charge is 0.223 e. The molecule has 0 N–H and O–H groups in total. The van der Waals surface area contributed by atoms with Crippen LogP contribution in [0, 0.1) is 0 Å². The SMILES string of the molecule is COCCN(Cc1ccccc1)C(=O)CCc1ccccc1Cl. The van der Waals surface area contributed by atoms with E-state index in [0.717, 1.165) is 11.1 Å². The Morgan fingerprint density at radius 3 is 2.48 bits per heavy atom. The first kappa shape index (κ1) is 17.5. The van der Waals surface area contributed by atoms with E-state index in [4.69, 9.17) is 16.3 Å². The van der Waals surface area contributed by atoms with Gasteiger partial charge in [0.25, 0.3) is 0 Å². The summed E-state index contributed by atoms with van der Waals surface area (Å²) in [5.41, 5.74) is 2.13. The van der Waals surface area contributed by atoms with Crippen LogP contribution in [0.3, 0.4) is 0 Å². The lowest BCUT2D eigenvalue weighted by Crippen LogP contribution is -2.33. The molecule has 0 aromatic heterocycles. The molecule has 0 heterocycles. The Morgan fingerprint density at radius 1 is 1.09 bits per heavy atom. The van der Waals surface area contributed by atoms with E-state index in [-0.39, 0.29) is 5.91 Å². The van der Waals surface area contributed by atoms with Gasteiger partial charge in [0.2, 0.25) is 5.91 Å². The number of halogens is 1. The van der Waals surface area contributed by atoms with Crippen molar-refractivity contribution >= 4 is 17.5 Å². The number of carbonyl (C=O) groups excluding carboxylic acids is 1. The summed E-state index contributed by atoms with van der Waals surface area (Å²) in [7, 11) is 1.65. The van der Waals surface area contributed by atoms with Crippen LogP contribution in [-0.2, 0) is 22.5 Å². The highest BCUT2D eigenvalue weighted by atomic mass is 35.5. The van der Waals surface area contributed by atoms with Crippen molar-refractivity contribution in [2.75, 3.05) is 20.3 Å². The van der Waals surface area contributed by atoms with E-state index in [1.807, 2.05) is 59.5 Å². The number of hydrogen-bond donors (Lipinski definition) is 0. The second-order valence-corrected chi connectivity index (χ2v) is 5.79. The Morgan fingerprint density at radius 2 is 1.78 bits per heavy atom. The third-order valence-corrected chi connectivity index (χ3v) is 4.07.